The number of guanidine groups is 1. The van der Waals surface area contributed by atoms with Gasteiger partial charge in [0.1, 0.15) is 60.1 Å². The smallest absolute Gasteiger partial charge is 0.426 e. The van der Waals surface area contributed by atoms with E-state index in [1.807, 2.05) is 55.6 Å². The third-order valence-electron chi connectivity index (χ3n) is 26.2. The van der Waals surface area contributed by atoms with Gasteiger partial charge >= 0.3 is 47.5 Å². The Hall–Kier alpha value is -13.2. The maximum absolute atomic E-state index is 15.7. The van der Waals surface area contributed by atoms with Crippen LogP contribution in [0.25, 0.3) is 11.5 Å². The van der Waals surface area contributed by atoms with Crippen molar-refractivity contribution < 1.29 is 122 Å². The SMILES string of the molecule is CC[C@]1(O)C[C@@H]2CN(CCC3=C(NC4=CC=CCC43)[C@@](C(=O)OC)(c3cc4c(cc3OC)N(C)[C@H]3[C@@](O)(C(=O)NNC(=O)OCCSSC[C@H](NC(=O)[C@H](CC(=O)O)NC(=O)[C@H](CC(=O)O)NC(=O)[C@H](CCCNC(=N)N)NC(=O)[C@H](CC(=O)O)NC(=O)CC[C@H](NC(=O)c5ccc(NCc6c[nH]c7nc(N)nc(=O)c-7n6)cc5)C(=O)O)C(=O)O)[C@H](O)[C@]5(CC)C=CCN6CC[C@]43[C@@H]65)C2)C1. The van der Waals surface area contributed by atoms with Gasteiger partial charge in [0.05, 0.1) is 57.4 Å². The quantitative estimate of drug-likeness (QED) is 0.00437. The summed E-state index contributed by atoms with van der Waals surface area (Å²) in [5, 5.41) is 119. The van der Waals surface area contributed by atoms with Gasteiger partial charge in [0.2, 0.25) is 35.5 Å². The molecule has 2 unspecified atom stereocenters. The Bertz CT molecular complexity index is 5450. The highest BCUT2D eigenvalue weighted by molar-refractivity contribution is 8.76. The molecular formula is C86H111N21O26S2. The Balaban J connectivity index is 0.655. The average molecular weight is 1920 g/mol. The molecule has 1 saturated carbocycles. The molecule has 10 aliphatic rings. The first-order valence-corrected chi connectivity index (χ1v) is 46.2. The highest BCUT2D eigenvalue weighted by atomic mass is 33.1. The fourth-order valence-corrected chi connectivity index (χ4v) is 22.2. The fourth-order valence-electron chi connectivity index (χ4n) is 20.2. The minimum atomic E-state index is -2.75. The molecule has 1 spiro atoms. The van der Waals surface area contributed by atoms with Crippen molar-refractivity contribution in [2.75, 3.05) is 94.6 Å². The molecule has 8 heterocycles. The number of ether oxygens (including phenoxy) is 3. The lowest BCUT2D eigenvalue weighted by Gasteiger charge is -2.63. The molecule has 2 aromatic rings. The van der Waals surface area contributed by atoms with Gasteiger partial charge in [-0.15, -0.1) is 0 Å². The number of nitrogens with zero attached hydrogens (tertiary/aromatic N) is 6. The first-order valence-electron chi connectivity index (χ1n) is 43.7. The third kappa shape index (κ3) is 21.6. The van der Waals surface area contributed by atoms with Crippen molar-refractivity contribution in [2.45, 2.75) is 187 Å². The van der Waals surface area contributed by atoms with E-state index in [4.69, 9.17) is 31.1 Å². The number of H-pyrrole nitrogens is 1. The highest BCUT2D eigenvalue weighted by Gasteiger charge is 2.79. The zero-order valence-electron chi connectivity index (χ0n) is 74.3. The van der Waals surface area contributed by atoms with Crippen molar-refractivity contribution in [3.05, 3.63) is 123 Å². The van der Waals surface area contributed by atoms with Gasteiger partial charge in [0.25, 0.3) is 11.8 Å². The van der Waals surface area contributed by atoms with E-state index in [2.05, 4.69) is 89.2 Å². The number of esters is 1. The number of amides is 8. The number of anilines is 3. The standard InChI is InChI=1S/C86H111N21O26S2/c1-6-82(129)35-42-36-85(78(127)132-5,64-47(21-26-106(39-42)41-82)46-12-8-9-13-50(46)95-64)49-30-48-57(34-58(49)131-4)105(3)75-84(48)23-27-107-25-11-22-83(7-2,74(84)107)76(125)86(75,130)77(126)103-104-81(128)133-28-29-134-135-40-56(73(123)124)100-70(119)55(33-62(113)114)99-69(118)54(32-61(111)112)98-67(116)51(14-10-24-90-79(87)88)96-68(117)53(31-60(109)110)94-59(108)20-19-52(72(121)122)97-66(115)43-15-17-44(18-16-43)91-37-45-38-92-65-63(93-45)71(120)102-80(89)101-65/h8-9,11,13,15-18,22,30,34,38,42,46,51-56,74-76,91,95,125,129-130H,6-7,10,12,14,19-21,23-29,31-33,35-37,39-41H2,1-5H3,(H,94,108)(H,96,117)(H,97,115)(H,98,116)(H,99,118)(H,100,119)(H,103,126)(H,104,128)(H,109,110)(H,111,112)(H,113,114)(H,121,122)(H,123,124)(H4,87,88,90)(H3,89,92,101,102,120)/t42-,46?,51-,52-,53-,54-,55-,56-,74-,75+,76+,82-,83+,84+,85-,86-/m0/s1. The number of hydrogen-bond donors (Lipinski definition) is 23. The number of aliphatic carboxylic acids is 5. The van der Waals surface area contributed by atoms with E-state index in [1.54, 1.807) is 11.9 Å². The number of aromatic nitrogens is 4. The van der Waals surface area contributed by atoms with E-state index in [1.165, 1.54) is 44.7 Å². The maximum Gasteiger partial charge on any atom is 0.426 e. The summed E-state index contributed by atoms with van der Waals surface area (Å²) >= 11 is 0. The predicted octanol–water partition coefficient (Wildman–Crippen LogP) is -1.95. The summed E-state index contributed by atoms with van der Waals surface area (Å²) in [6.45, 7) is 5.91. The van der Waals surface area contributed by atoms with Crippen LogP contribution in [0, 0.1) is 22.7 Å². The first-order chi connectivity index (χ1) is 64.2. The summed E-state index contributed by atoms with van der Waals surface area (Å²) in [6, 6.07) is -4.36. The van der Waals surface area contributed by atoms with Crippen LogP contribution in [-0.2, 0) is 84.4 Å². The fraction of sp³-hybridized carbons (Fsp3) is 0.523. The van der Waals surface area contributed by atoms with E-state index < -0.39 is 228 Å². The lowest BCUT2D eigenvalue weighted by molar-refractivity contribution is -0.204. The number of nitrogens with one attached hydrogen (secondary N) is 13. The second-order valence-electron chi connectivity index (χ2n) is 34.6. The number of carboxylic acids is 5. The summed E-state index contributed by atoms with van der Waals surface area (Å²) < 4.78 is 17.8. The van der Waals surface area contributed by atoms with Gasteiger partial charge in [-0.3, -0.25) is 78.2 Å². The monoisotopic (exact) mass is 1920 g/mol. The molecule has 2 aromatic carbocycles. The molecule has 3 fully saturated rings. The van der Waals surface area contributed by atoms with Gasteiger partial charge in [-0.05, 0) is 124 Å². The number of hydrogen-bond acceptors (Lipinski definition) is 33. The number of methoxy groups -OCH3 is 2. The van der Waals surface area contributed by atoms with Crippen molar-refractivity contribution in [3.63, 3.8) is 0 Å². The number of allylic oxidation sites excluding steroid dienone is 4. The van der Waals surface area contributed by atoms with Crippen LogP contribution >= 0.6 is 21.6 Å². The van der Waals surface area contributed by atoms with Crippen molar-refractivity contribution in [3.8, 4) is 17.3 Å². The van der Waals surface area contributed by atoms with Crippen molar-refractivity contribution in [1.29, 1.82) is 5.41 Å². The molecular weight excluding hydrogens is 1810 g/mol. The number of piperidine rings is 1. The summed E-state index contributed by atoms with van der Waals surface area (Å²) in [5.41, 5.74) is 11.9. The Morgan fingerprint density at radius 1 is 0.748 bits per heavy atom. The number of hydrazine groups is 1. The van der Waals surface area contributed by atoms with Crippen LogP contribution in [0.2, 0.25) is 0 Å². The number of rotatable bonds is 41. The molecule has 0 radical (unpaired) electrons. The number of carbonyl (C=O) groups excluding carboxylic acids is 9. The van der Waals surface area contributed by atoms with E-state index in [9.17, 15) is 103 Å². The number of aliphatic hydroxyl groups is 3. The summed E-state index contributed by atoms with van der Waals surface area (Å²) in [7, 11) is 6.28. The molecule has 0 aromatic heterocycles. The van der Waals surface area contributed by atoms with E-state index in [0.29, 0.717) is 104 Å². The Morgan fingerprint density at radius 3 is 2.04 bits per heavy atom. The molecule has 2 saturated heterocycles. The van der Waals surface area contributed by atoms with Crippen molar-refractivity contribution >= 4 is 128 Å². The second kappa shape index (κ2) is 42.6. The molecule has 25 N–H and O–H groups in total. The number of aromatic amines is 1. The lowest BCUT2D eigenvalue weighted by atomic mass is 9.47. The molecule has 47 nitrogen and oxygen atoms in total. The molecule has 135 heavy (non-hydrogen) atoms. The van der Waals surface area contributed by atoms with Gasteiger partial charge in [-0.25, -0.2) is 24.8 Å². The van der Waals surface area contributed by atoms with E-state index in [-0.39, 0.29) is 73.0 Å². The zero-order valence-corrected chi connectivity index (χ0v) is 76.0. The lowest BCUT2D eigenvalue weighted by Crippen LogP contribution is -2.82. The average Bonchev–Trinajstić information content (AvgIpc) is 1.48. The van der Waals surface area contributed by atoms with Crippen LogP contribution in [0.5, 0.6) is 5.75 Å². The number of aliphatic hydroxyl groups excluding tert-OH is 1. The maximum atomic E-state index is 15.7. The number of fused-ring (bicyclic) bond motifs is 6. The van der Waals surface area contributed by atoms with Crippen LogP contribution in [0.15, 0.2) is 94.7 Å². The summed E-state index contributed by atoms with van der Waals surface area (Å²) in [4.78, 5) is 222. The third-order valence-corrected chi connectivity index (χ3v) is 28.6. The normalized spacial score (nSPS) is 25.1. The Labute approximate surface area is 779 Å². The van der Waals surface area contributed by atoms with Crippen LogP contribution in [0.4, 0.5) is 22.1 Å². The van der Waals surface area contributed by atoms with E-state index in [0.717, 1.165) is 32.9 Å². The highest BCUT2D eigenvalue weighted by Crippen LogP contribution is 2.68. The molecule has 12 rings (SSSR count). The van der Waals surface area contributed by atoms with Crippen LogP contribution in [0.1, 0.15) is 131 Å². The summed E-state index contributed by atoms with van der Waals surface area (Å²) in [6.07, 6.45) is 5.38. The van der Waals surface area contributed by atoms with Gasteiger partial charge in [-0.2, -0.15) is 9.97 Å². The molecule has 17 atom stereocenters. The zero-order chi connectivity index (χ0) is 97.9. The Kier molecular flexibility index (Phi) is 31.8. The molecule has 2 aliphatic carbocycles. The van der Waals surface area contributed by atoms with Crippen molar-refractivity contribution in [2.24, 2.45) is 23.0 Å². The Morgan fingerprint density at radius 2 is 1.41 bits per heavy atom. The van der Waals surface area contributed by atoms with Crippen molar-refractivity contribution in [1.82, 2.24) is 83.1 Å². The molecule has 8 aliphatic heterocycles. The second-order valence-corrected chi connectivity index (χ2v) is 37.2. The largest absolute Gasteiger partial charge is 0.496 e. The number of nitrogens with two attached hydrogens (primary N) is 2. The van der Waals surface area contributed by atoms with E-state index >= 15 is 9.59 Å². The van der Waals surface area contributed by atoms with Gasteiger partial charge in [0.15, 0.2) is 23.1 Å². The first kappa shape index (κ1) is 101. The predicted molar refractivity (Wildman–Crippen MR) is 482 cm³/mol. The number of benzene rings is 2. The van der Waals surface area contributed by atoms with Crippen LogP contribution in [0.3, 0.4) is 0 Å². The number of likely N-dealkylation sites (N-methyl/N-ethyl adjacent to an activating group) is 1. The summed E-state index contributed by atoms with van der Waals surface area (Å²) in [5.74, 6) is -19.3. The van der Waals surface area contributed by atoms with Gasteiger partial charge < -0.3 is 124 Å². The molecule has 728 valence electrons. The van der Waals surface area contributed by atoms with Crippen LogP contribution in [-0.4, -0.2) is 304 Å². The molecule has 49 heteroatoms. The number of nitrogen functional groups attached to an aromatic ring is 1. The van der Waals surface area contributed by atoms with Gasteiger partial charge in [0, 0.05) is 127 Å². The van der Waals surface area contributed by atoms with Gasteiger partial charge in [-0.1, -0.05) is 59.7 Å². The number of carbonyl (C=O) groups is 14. The minimum Gasteiger partial charge on any atom is -0.496 e. The molecule has 8 amide bonds. The number of carboxylic acid groups (broad SMARTS) is 5. The topological polar surface area (TPSA) is 718 Å². The molecule has 2 bridgehead atoms. The van der Waals surface area contributed by atoms with Crippen LogP contribution < -0.4 is 85.4 Å². The minimum absolute atomic E-state index is 0.0303.